The standard InChI is InChI=1S/C26H24N4O3S/c1-17-12-14-29(15-13-17)22-11-10-18(16-23(22)30(32)33)25(31)27-20-7-3-2-6-19(20)26-28-21-8-4-5-9-24(21)34-26/h2-11,16-17H,12-15H2,1H3,(H,27,31). The third-order valence-electron chi connectivity index (χ3n) is 6.26. The summed E-state index contributed by atoms with van der Waals surface area (Å²) in [6.07, 6.45) is 2.00. The second kappa shape index (κ2) is 9.23. The SMILES string of the molecule is CC1CCN(c2ccc(C(=O)Nc3ccccc3-c3nc4ccccc4s3)cc2[N+](=O)[O-])CC1. The zero-order valence-corrected chi connectivity index (χ0v) is 19.5. The molecule has 0 spiro atoms. The Morgan fingerprint density at radius 1 is 1.09 bits per heavy atom. The molecule has 172 valence electrons. The number of carbonyl (C=O) groups is 1. The number of anilines is 2. The smallest absolute Gasteiger partial charge is 0.293 e. The van der Waals surface area contributed by atoms with Gasteiger partial charge in [-0.1, -0.05) is 31.2 Å². The fourth-order valence-corrected chi connectivity index (χ4v) is 5.29. The van der Waals surface area contributed by atoms with Crippen molar-refractivity contribution in [2.75, 3.05) is 23.3 Å². The monoisotopic (exact) mass is 472 g/mol. The number of benzene rings is 3. The average molecular weight is 473 g/mol. The second-order valence-electron chi connectivity index (χ2n) is 8.62. The number of nitro groups is 1. The Hall–Kier alpha value is -3.78. The molecule has 1 aliphatic rings. The highest BCUT2D eigenvalue weighted by molar-refractivity contribution is 7.21. The Balaban J connectivity index is 1.43. The summed E-state index contributed by atoms with van der Waals surface area (Å²) >= 11 is 1.55. The number of hydrogen-bond donors (Lipinski definition) is 1. The van der Waals surface area contributed by atoms with Crippen molar-refractivity contribution < 1.29 is 9.72 Å². The molecule has 0 aliphatic carbocycles. The Morgan fingerprint density at radius 3 is 2.59 bits per heavy atom. The van der Waals surface area contributed by atoms with Gasteiger partial charge in [0.2, 0.25) is 0 Å². The number of para-hydroxylation sites is 2. The first kappa shape index (κ1) is 22.0. The molecule has 1 aliphatic heterocycles. The van der Waals surface area contributed by atoms with E-state index < -0.39 is 10.8 Å². The van der Waals surface area contributed by atoms with Crippen molar-refractivity contribution in [3.8, 4) is 10.6 Å². The van der Waals surface area contributed by atoms with E-state index in [0.717, 1.165) is 46.7 Å². The molecule has 8 heteroatoms. The number of rotatable bonds is 5. The van der Waals surface area contributed by atoms with Gasteiger partial charge in [-0.25, -0.2) is 4.98 Å². The first-order chi connectivity index (χ1) is 16.5. The fraction of sp³-hybridized carbons (Fsp3) is 0.231. The molecule has 1 saturated heterocycles. The predicted octanol–water partition coefficient (Wildman–Crippen LogP) is 6.36. The van der Waals surface area contributed by atoms with Crippen LogP contribution in [0.25, 0.3) is 20.8 Å². The fourth-order valence-electron chi connectivity index (χ4n) is 4.29. The molecule has 0 bridgehead atoms. The number of nitro benzene ring substituents is 1. The molecule has 7 nitrogen and oxygen atoms in total. The van der Waals surface area contributed by atoms with Crippen LogP contribution in [-0.2, 0) is 0 Å². The summed E-state index contributed by atoms with van der Waals surface area (Å²) in [6.45, 7) is 3.76. The van der Waals surface area contributed by atoms with Gasteiger partial charge in [0, 0.05) is 30.3 Å². The van der Waals surface area contributed by atoms with Crippen molar-refractivity contribution in [3.05, 3.63) is 82.4 Å². The highest BCUT2D eigenvalue weighted by Crippen LogP contribution is 2.36. The van der Waals surface area contributed by atoms with Gasteiger partial charge in [0.15, 0.2) is 0 Å². The van der Waals surface area contributed by atoms with Crippen LogP contribution in [0.15, 0.2) is 66.7 Å². The lowest BCUT2D eigenvalue weighted by Gasteiger charge is -2.31. The zero-order chi connectivity index (χ0) is 23.7. The molecule has 1 amide bonds. The van der Waals surface area contributed by atoms with Gasteiger partial charge in [0.1, 0.15) is 10.7 Å². The number of carbonyl (C=O) groups excluding carboxylic acids is 1. The molecular weight excluding hydrogens is 448 g/mol. The van der Waals surface area contributed by atoms with Crippen LogP contribution < -0.4 is 10.2 Å². The lowest BCUT2D eigenvalue weighted by molar-refractivity contribution is -0.384. The van der Waals surface area contributed by atoms with E-state index in [0.29, 0.717) is 17.3 Å². The van der Waals surface area contributed by atoms with E-state index in [1.165, 1.54) is 6.07 Å². The number of aromatic nitrogens is 1. The van der Waals surface area contributed by atoms with E-state index in [2.05, 4.69) is 12.2 Å². The van der Waals surface area contributed by atoms with Crippen LogP contribution in [0.4, 0.5) is 17.1 Å². The highest BCUT2D eigenvalue weighted by atomic mass is 32.1. The number of amides is 1. The summed E-state index contributed by atoms with van der Waals surface area (Å²) in [4.78, 5) is 31.3. The van der Waals surface area contributed by atoms with E-state index in [9.17, 15) is 14.9 Å². The maximum atomic E-state index is 13.1. The quantitative estimate of drug-likeness (QED) is 0.270. The molecule has 1 N–H and O–H groups in total. The molecule has 0 saturated carbocycles. The molecule has 1 aromatic heterocycles. The van der Waals surface area contributed by atoms with Crippen LogP contribution in [0, 0.1) is 16.0 Å². The van der Waals surface area contributed by atoms with Gasteiger partial charge in [0.25, 0.3) is 11.6 Å². The van der Waals surface area contributed by atoms with Gasteiger partial charge in [0.05, 0.1) is 20.8 Å². The molecule has 5 rings (SSSR count). The summed E-state index contributed by atoms with van der Waals surface area (Å²) in [5.74, 6) is 0.228. The van der Waals surface area contributed by atoms with Crippen molar-refractivity contribution in [1.29, 1.82) is 0 Å². The lowest BCUT2D eigenvalue weighted by Crippen LogP contribution is -2.33. The molecule has 1 fully saturated rings. The lowest BCUT2D eigenvalue weighted by atomic mass is 9.98. The van der Waals surface area contributed by atoms with Gasteiger partial charge in [-0.15, -0.1) is 11.3 Å². The van der Waals surface area contributed by atoms with Crippen molar-refractivity contribution >= 4 is 44.5 Å². The number of piperidine rings is 1. The molecule has 2 heterocycles. The second-order valence-corrected chi connectivity index (χ2v) is 9.65. The van der Waals surface area contributed by atoms with Gasteiger partial charge in [-0.3, -0.25) is 14.9 Å². The maximum Gasteiger partial charge on any atom is 0.293 e. The highest BCUT2D eigenvalue weighted by Gasteiger charge is 2.25. The van der Waals surface area contributed by atoms with Crippen LogP contribution in [0.1, 0.15) is 30.1 Å². The Bertz CT molecular complexity index is 1340. The first-order valence-corrected chi connectivity index (χ1v) is 12.1. The summed E-state index contributed by atoms with van der Waals surface area (Å²) in [5, 5.41) is 15.6. The van der Waals surface area contributed by atoms with Crippen molar-refractivity contribution in [2.45, 2.75) is 19.8 Å². The van der Waals surface area contributed by atoms with Crippen LogP contribution in [0.5, 0.6) is 0 Å². The summed E-state index contributed by atoms with van der Waals surface area (Å²) in [5.41, 5.74) is 3.11. The number of hydrogen-bond acceptors (Lipinski definition) is 6. The number of nitrogens with zero attached hydrogens (tertiary/aromatic N) is 3. The minimum absolute atomic E-state index is 0.0401. The molecule has 34 heavy (non-hydrogen) atoms. The van der Waals surface area contributed by atoms with Crippen molar-refractivity contribution in [1.82, 2.24) is 4.98 Å². The first-order valence-electron chi connectivity index (χ1n) is 11.3. The molecule has 0 unspecified atom stereocenters. The zero-order valence-electron chi connectivity index (χ0n) is 18.7. The third kappa shape index (κ3) is 4.36. The largest absolute Gasteiger partial charge is 0.366 e. The number of thiazole rings is 1. The van der Waals surface area contributed by atoms with Crippen molar-refractivity contribution in [3.63, 3.8) is 0 Å². The Kier molecular flexibility index (Phi) is 5.98. The average Bonchev–Trinajstić information content (AvgIpc) is 3.28. The van der Waals surface area contributed by atoms with Crippen LogP contribution in [0.2, 0.25) is 0 Å². The molecule has 4 aromatic rings. The van der Waals surface area contributed by atoms with Crippen LogP contribution in [0.3, 0.4) is 0 Å². The van der Waals surface area contributed by atoms with Crippen LogP contribution in [-0.4, -0.2) is 28.9 Å². The number of fused-ring (bicyclic) bond motifs is 1. The van der Waals surface area contributed by atoms with E-state index in [4.69, 9.17) is 4.98 Å². The van der Waals surface area contributed by atoms with Gasteiger partial charge >= 0.3 is 0 Å². The van der Waals surface area contributed by atoms with Gasteiger partial charge in [-0.2, -0.15) is 0 Å². The minimum atomic E-state index is -0.404. The van der Waals surface area contributed by atoms with Crippen molar-refractivity contribution in [2.24, 2.45) is 5.92 Å². The Labute approximate surface area is 201 Å². The Morgan fingerprint density at radius 2 is 1.82 bits per heavy atom. The topological polar surface area (TPSA) is 88.4 Å². The van der Waals surface area contributed by atoms with E-state index in [-0.39, 0.29) is 11.3 Å². The number of nitrogens with one attached hydrogen (secondary N) is 1. The minimum Gasteiger partial charge on any atom is -0.366 e. The molecular formula is C26H24N4O3S. The van der Waals surface area contributed by atoms with E-state index in [1.807, 2.05) is 53.4 Å². The van der Waals surface area contributed by atoms with E-state index >= 15 is 0 Å². The normalized spacial score (nSPS) is 14.3. The maximum absolute atomic E-state index is 13.1. The van der Waals surface area contributed by atoms with Crippen LogP contribution >= 0.6 is 11.3 Å². The summed E-state index contributed by atoms with van der Waals surface area (Å²) in [6, 6.07) is 20.1. The molecule has 0 atom stereocenters. The third-order valence-corrected chi connectivity index (χ3v) is 7.33. The van der Waals surface area contributed by atoms with Gasteiger partial charge in [-0.05, 0) is 55.2 Å². The molecule has 3 aromatic carbocycles. The predicted molar refractivity (Wildman–Crippen MR) is 137 cm³/mol. The summed E-state index contributed by atoms with van der Waals surface area (Å²) in [7, 11) is 0. The summed E-state index contributed by atoms with van der Waals surface area (Å²) < 4.78 is 1.07. The molecule has 0 radical (unpaired) electrons. The van der Waals surface area contributed by atoms with Gasteiger partial charge < -0.3 is 10.2 Å². The van der Waals surface area contributed by atoms with E-state index in [1.54, 1.807) is 23.5 Å².